The van der Waals surface area contributed by atoms with Crippen molar-refractivity contribution in [1.29, 1.82) is 0 Å². The lowest BCUT2D eigenvalue weighted by atomic mass is 10.2. The average molecular weight is 264 g/mol. The summed E-state index contributed by atoms with van der Waals surface area (Å²) in [4.78, 5) is 2.23. The predicted octanol–water partition coefficient (Wildman–Crippen LogP) is 2.35. The van der Waals surface area contributed by atoms with E-state index in [2.05, 4.69) is 47.2 Å². The van der Waals surface area contributed by atoms with Crippen molar-refractivity contribution in [3.63, 3.8) is 0 Å². The van der Waals surface area contributed by atoms with E-state index in [-0.39, 0.29) is 0 Å². The zero-order valence-corrected chi connectivity index (χ0v) is 12.7. The molecule has 1 aromatic rings. The molecule has 4 heteroatoms. The summed E-state index contributed by atoms with van der Waals surface area (Å²) in [6, 6.07) is 0.654. The molecule has 0 bridgehead atoms. The van der Waals surface area contributed by atoms with Gasteiger partial charge in [-0.25, -0.2) is 0 Å². The van der Waals surface area contributed by atoms with Crippen molar-refractivity contribution in [3.8, 4) is 0 Å². The van der Waals surface area contributed by atoms with Crippen LogP contribution in [0.15, 0.2) is 6.20 Å². The first-order valence-corrected chi connectivity index (χ1v) is 7.57. The maximum atomic E-state index is 4.69. The summed E-state index contributed by atoms with van der Waals surface area (Å²) in [6.07, 6.45) is 8.78. The number of rotatable bonds is 7. The van der Waals surface area contributed by atoms with Crippen molar-refractivity contribution in [2.45, 2.75) is 51.6 Å². The van der Waals surface area contributed by atoms with Crippen molar-refractivity contribution < 1.29 is 0 Å². The Hall–Kier alpha value is -0.870. The van der Waals surface area contributed by atoms with E-state index >= 15 is 0 Å². The molecule has 0 aliphatic heterocycles. The van der Waals surface area contributed by atoms with Gasteiger partial charge in [0.05, 0.1) is 11.7 Å². The van der Waals surface area contributed by atoms with Crippen LogP contribution in [0.4, 0.5) is 0 Å². The van der Waals surface area contributed by atoms with Crippen LogP contribution in [0.3, 0.4) is 0 Å². The lowest BCUT2D eigenvalue weighted by Gasteiger charge is -2.09. The third kappa shape index (κ3) is 4.32. The number of hydrogen-bond donors (Lipinski definition) is 1. The molecule has 0 radical (unpaired) electrons. The van der Waals surface area contributed by atoms with Crippen LogP contribution >= 0.6 is 0 Å². The third-order valence-electron chi connectivity index (χ3n) is 3.99. The first-order valence-electron chi connectivity index (χ1n) is 7.57. The fourth-order valence-electron chi connectivity index (χ4n) is 2.79. The molecule has 2 rings (SSSR count). The highest BCUT2D eigenvalue weighted by molar-refractivity contribution is 5.15. The van der Waals surface area contributed by atoms with Crippen LogP contribution < -0.4 is 5.32 Å². The van der Waals surface area contributed by atoms with Gasteiger partial charge in [0.2, 0.25) is 0 Å². The molecule has 1 aliphatic rings. The van der Waals surface area contributed by atoms with Crippen LogP contribution in [0.2, 0.25) is 0 Å². The fraction of sp³-hybridized carbons (Fsp3) is 0.800. The molecular formula is C15H28N4. The Bertz CT molecular complexity index is 377. The molecule has 1 aliphatic carbocycles. The average Bonchev–Trinajstić information content (AvgIpc) is 2.98. The van der Waals surface area contributed by atoms with E-state index < -0.39 is 0 Å². The maximum absolute atomic E-state index is 4.69. The maximum Gasteiger partial charge on any atom is 0.0638 e. The molecule has 0 saturated heterocycles. The van der Waals surface area contributed by atoms with Crippen molar-refractivity contribution >= 4 is 0 Å². The van der Waals surface area contributed by atoms with Gasteiger partial charge in [-0.15, -0.1) is 0 Å². The molecule has 1 aromatic heterocycles. The summed E-state index contributed by atoms with van der Waals surface area (Å²) in [5, 5.41) is 8.21. The summed E-state index contributed by atoms with van der Waals surface area (Å²) in [5.74, 6) is 0. The van der Waals surface area contributed by atoms with Crippen LogP contribution in [0, 0.1) is 6.92 Å². The molecule has 0 aromatic carbocycles. The monoisotopic (exact) mass is 264 g/mol. The smallest absolute Gasteiger partial charge is 0.0638 e. The van der Waals surface area contributed by atoms with E-state index in [9.17, 15) is 0 Å². The van der Waals surface area contributed by atoms with Crippen molar-refractivity contribution in [3.05, 3.63) is 17.5 Å². The summed E-state index contributed by atoms with van der Waals surface area (Å²) in [7, 11) is 4.24. The normalized spacial score (nSPS) is 16.6. The summed E-state index contributed by atoms with van der Waals surface area (Å²) >= 11 is 0. The van der Waals surface area contributed by atoms with Crippen LogP contribution in [0.1, 0.15) is 49.4 Å². The van der Waals surface area contributed by atoms with Gasteiger partial charge < -0.3 is 10.2 Å². The fourth-order valence-corrected chi connectivity index (χ4v) is 2.79. The Balaban J connectivity index is 1.77. The summed E-state index contributed by atoms with van der Waals surface area (Å²) in [6.45, 7) is 5.30. The Kier molecular flexibility index (Phi) is 5.40. The van der Waals surface area contributed by atoms with Gasteiger partial charge in [-0.3, -0.25) is 4.68 Å². The molecule has 0 spiro atoms. The standard InChI is InChI=1S/C15H28N4/c1-13-14(11-16-9-6-10-18(2)3)12-19(17-13)15-7-4-5-8-15/h12,15-16H,4-11H2,1-3H3. The Labute approximate surface area is 117 Å². The van der Waals surface area contributed by atoms with Crippen molar-refractivity contribution in [1.82, 2.24) is 20.0 Å². The van der Waals surface area contributed by atoms with Crippen LogP contribution in [0.5, 0.6) is 0 Å². The van der Waals surface area contributed by atoms with Gasteiger partial charge in [-0.05, 0) is 53.4 Å². The number of aryl methyl sites for hydroxylation is 1. The number of nitrogens with zero attached hydrogens (tertiary/aromatic N) is 3. The SMILES string of the molecule is Cc1nn(C2CCCC2)cc1CNCCCN(C)C. The van der Waals surface area contributed by atoms with Gasteiger partial charge >= 0.3 is 0 Å². The van der Waals surface area contributed by atoms with Gasteiger partial charge in [0.15, 0.2) is 0 Å². The Morgan fingerprint density at radius 2 is 2.11 bits per heavy atom. The minimum Gasteiger partial charge on any atom is -0.312 e. The van der Waals surface area contributed by atoms with Crippen molar-refractivity contribution in [2.24, 2.45) is 0 Å². The lowest BCUT2D eigenvalue weighted by Crippen LogP contribution is -2.21. The lowest BCUT2D eigenvalue weighted by molar-refractivity contribution is 0.394. The van der Waals surface area contributed by atoms with E-state index in [0.29, 0.717) is 6.04 Å². The second-order valence-electron chi connectivity index (χ2n) is 5.99. The van der Waals surface area contributed by atoms with Crippen LogP contribution in [0.25, 0.3) is 0 Å². The van der Waals surface area contributed by atoms with Crippen LogP contribution in [-0.4, -0.2) is 41.9 Å². The first-order chi connectivity index (χ1) is 9.16. The van der Waals surface area contributed by atoms with E-state index in [4.69, 9.17) is 0 Å². The highest BCUT2D eigenvalue weighted by atomic mass is 15.3. The third-order valence-corrected chi connectivity index (χ3v) is 3.99. The van der Waals surface area contributed by atoms with E-state index in [1.165, 1.54) is 43.4 Å². The molecule has 0 unspecified atom stereocenters. The highest BCUT2D eigenvalue weighted by Gasteiger charge is 2.18. The molecular weight excluding hydrogens is 236 g/mol. The van der Waals surface area contributed by atoms with Gasteiger partial charge in [-0.2, -0.15) is 5.10 Å². The Morgan fingerprint density at radius 3 is 2.79 bits per heavy atom. The minimum atomic E-state index is 0.654. The Morgan fingerprint density at radius 1 is 1.37 bits per heavy atom. The van der Waals surface area contributed by atoms with Gasteiger partial charge in [-0.1, -0.05) is 12.8 Å². The topological polar surface area (TPSA) is 33.1 Å². The summed E-state index contributed by atoms with van der Waals surface area (Å²) < 4.78 is 2.21. The molecule has 1 N–H and O–H groups in total. The molecule has 4 nitrogen and oxygen atoms in total. The van der Waals surface area contributed by atoms with E-state index in [1.54, 1.807) is 0 Å². The second kappa shape index (κ2) is 7.06. The molecule has 1 saturated carbocycles. The summed E-state index contributed by atoms with van der Waals surface area (Å²) in [5.41, 5.74) is 2.55. The molecule has 1 heterocycles. The zero-order chi connectivity index (χ0) is 13.7. The number of aromatic nitrogens is 2. The second-order valence-corrected chi connectivity index (χ2v) is 5.99. The number of nitrogens with one attached hydrogen (secondary N) is 1. The first kappa shape index (κ1) is 14.5. The highest BCUT2D eigenvalue weighted by Crippen LogP contribution is 2.29. The van der Waals surface area contributed by atoms with E-state index in [1.807, 2.05) is 0 Å². The zero-order valence-electron chi connectivity index (χ0n) is 12.7. The van der Waals surface area contributed by atoms with E-state index in [0.717, 1.165) is 19.6 Å². The minimum absolute atomic E-state index is 0.654. The van der Waals surface area contributed by atoms with Gasteiger partial charge in [0.25, 0.3) is 0 Å². The molecule has 1 fully saturated rings. The molecule has 108 valence electrons. The van der Waals surface area contributed by atoms with Crippen molar-refractivity contribution in [2.75, 3.05) is 27.2 Å². The molecule has 0 amide bonds. The number of hydrogen-bond acceptors (Lipinski definition) is 3. The molecule has 19 heavy (non-hydrogen) atoms. The van der Waals surface area contributed by atoms with Gasteiger partial charge in [0.1, 0.15) is 0 Å². The largest absolute Gasteiger partial charge is 0.312 e. The van der Waals surface area contributed by atoms with Crippen LogP contribution in [-0.2, 0) is 6.54 Å². The van der Waals surface area contributed by atoms with Gasteiger partial charge in [0, 0.05) is 18.3 Å². The quantitative estimate of drug-likeness (QED) is 0.767. The molecule has 0 atom stereocenters. The predicted molar refractivity (Wildman–Crippen MR) is 79.3 cm³/mol.